The largest absolute Gasteiger partial charge is 0.469 e. The van der Waals surface area contributed by atoms with Crippen molar-refractivity contribution >= 4 is 11.9 Å². The van der Waals surface area contributed by atoms with Crippen LogP contribution in [0.1, 0.15) is 24.9 Å². The van der Waals surface area contributed by atoms with Gasteiger partial charge in [0.2, 0.25) is 5.91 Å². The third-order valence-electron chi connectivity index (χ3n) is 3.96. The van der Waals surface area contributed by atoms with Gasteiger partial charge in [-0.15, -0.1) is 0 Å². The quantitative estimate of drug-likeness (QED) is 0.801. The summed E-state index contributed by atoms with van der Waals surface area (Å²) in [4.78, 5) is 24.2. The van der Waals surface area contributed by atoms with E-state index >= 15 is 0 Å². The van der Waals surface area contributed by atoms with E-state index in [0.717, 1.165) is 18.5 Å². The second-order valence-electron chi connectivity index (χ2n) is 5.40. The zero-order chi connectivity index (χ0) is 15.2. The number of ether oxygens (including phenoxy) is 1. The van der Waals surface area contributed by atoms with Gasteiger partial charge in [0.15, 0.2) is 0 Å². The van der Waals surface area contributed by atoms with Gasteiger partial charge in [-0.2, -0.15) is 0 Å². The monoisotopic (exact) mass is 290 g/mol. The lowest BCUT2D eigenvalue weighted by Gasteiger charge is -2.25. The van der Waals surface area contributed by atoms with Gasteiger partial charge < -0.3 is 15.4 Å². The molecule has 0 radical (unpaired) electrons. The summed E-state index contributed by atoms with van der Waals surface area (Å²) < 4.78 is 4.82. The third-order valence-corrected chi connectivity index (χ3v) is 3.96. The zero-order valence-electron chi connectivity index (χ0n) is 12.5. The second kappa shape index (κ2) is 7.22. The summed E-state index contributed by atoms with van der Waals surface area (Å²) in [7, 11) is 1.36. The second-order valence-corrected chi connectivity index (χ2v) is 5.40. The number of hydrogen-bond acceptors (Lipinski definition) is 4. The molecule has 5 nitrogen and oxygen atoms in total. The maximum absolute atomic E-state index is 12.3. The first-order chi connectivity index (χ1) is 10.1. The van der Waals surface area contributed by atoms with Crippen LogP contribution in [-0.2, 0) is 14.3 Å². The fraction of sp³-hybridized carbons (Fsp3) is 0.500. The lowest BCUT2D eigenvalue weighted by atomic mass is 9.93. The molecule has 1 aliphatic heterocycles. The van der Waals surface area contributed by atoms with Crippen LogP contribution in [0, 0.1) is 11.8 Å². The molecule has 0 aromatic heterocycles. The standard InChI is InChI=1S/C16H22N2O3/c1-11(16(20)21-2)14(12-6-4-3-5-7-12)18-15(19)13-8-9-17-10-13/h3-7,11,13-14,17H,8-10H2,1-2H3,(H,18,19). The highest BCUT2D eigenvalue weighted by molar-refractivity contribution is 5.81. The average molecular weight is 290 g/mol. The van der Waals surface area contributed by atoms with Crippen LogP contribution in [0.2, 0.25) is 0 Å². The smallest absolute Gasteiger partial charge is 0.310 e. The van der Waals surface area contributed by atoms with Crippen LogP contribution in [-0.4, -0.2) is 32.1 Å². The molecule has 3 atom stereocenters. The molecule has 1 heterocycles. The molecular formula is C16H22N2O3. The molecule has 2 N–H and O–H groups in total. The number of nitrogens with one attached hydrogen (secondary N) is 2. The number of benzene rings is 1. The normalized spacial score (nSPS) is 20.6. The first-order valence-corrected chi connectivity index (χ1v) is 7.27. The lowest BCUT2D eigenvalue weighted by Crippen LogP contribution is -2.39. The van der Waals surface area contributed by atoms with Gasteiger partial charge in [-0.1, -0.05) is 30.3 Å². The van der Waals surface area contributed by atoms with Crippen molar-refractivity contribution in [2.24, 2.45) is 11.8 Å². The van der Waals surface area contributed by atoms with Crippen molar-refractivity contribution in [2.75, 3.05) is 20.2 Å². The fourth-order valence-electron chi connectivity index (χ4n) is 2.63. The molecule has 1 aliphatic rings. The minimum Gasteiger partial charge on any atom is -0.469 e. The van der Waals surface area contributed by atoms with E-state index in [1.54, 1.807) is 6.92 Å². The van der Waals surface area contributed by atoms with Crippen molar-refractivity contribution in [1.29, 1.82) is 0 Å². The van der Waals surface area contributed by atoms with Crippen molar-refractivity contribution in [3.8, 4) is 0 Å². The number of carbonyl (C=O) groups is 2. The van der Waals surface area contributed by atoms with Gasteiger partial charge in [-0.05, 0) is 25.5 Å². The number of hydrogen-bond donors (Lipinski definition) is 2. The summed E-state index contributed by atoms with van der Waals surface area (Å²) in [6.45, 7) is 3.33. The number of methoxy groups -OCH3 is 1. The predicted octanol–water partition coefficient (Wildman–Crippen LogP) is 1.26. The van der Waals surface area contributed by atoms with Gasteiger partial charge in [-0.3, -0.25) is 9.59 Å². The molecule has 1 aromatic carbocycles. The minimum atomic E-state index is -0.435. The summed E-state index contributed by atoms with van der Waals surface area (Å²) in [5, 5.41) is 6.19. The molecule has 1 aromatic rings. The average Bonchev–Trinajstić information content (AvgIpc) is 3.06. The summed E-state index contributed by atoms with van der Waals surface area (Å²) in [6.07, 6.45) is 0.833. The Bertz CT molecular complexity index is 484. The van der Waals surface area contributed by atoms with Gasteiger partial charge in [-0.25, -0.2) is 0 Å². The first kappa shape index (κ1) is 15.5. The number of carbonyl (C=O) groups excluding carboxylic acids is 2. The fourth-order valence-corrected chi connectivity index (χ4v) is 2.63. The van der Waals surface area contributed by atoms with Crippen LogP contribution in [0.3, 0.4) is 0 Å². The van der Waals surface area contributed by atoms with Crippen LogP contribution in [0.5, 0.6) is 0 Å². The first-order valence-electron chi connectivity index (χ1n) is 7.27. The van der Waals surface area contributed by atoms with Gasteiger partial charge >= 0.3 is 5.97 Å². The Morgan fingerprint density at radius 2 is 2.05 bits per heavy atom. The molecule has 0 saturated carbocycles. The Kier molecular flexibility index (Phi) is 5.33. The number of esters is 1. The molecule has 3 unspecified atom stereocenters. The predicted molar refractivity (Wildman–Crippen MR) is 79.5 cm³/mol. The van der Waals surface area contributed by atoms with E-state index < -0.39 is 5.92 Å². The van der Waals surface area contributed by atoms with Crippen molar-refractivity contribution < 1.29 is 14.3 Å². The van der Waals surface area contributed by atoms with Gasteiger partial charge in [0, 0.05) is 6.54 Å². The molecule has 0 spiro atoms. The maximum atomic E-state index is 12.3. The molecule has 5 heteroatoms. The molecule has 0 bridgehead atoms. The van der Waals surface area contributed by atoms with E-state index in [9.17, 15) is 9.59 Å². The summed E-state index contributed by atoms with van der Waals surface area (Å²) in [5.74, 6) is -0.796. The molecule has 2 rings (SSSR count). The molecule has 1 saturated heterocycles. The van der Waals surface area contributed by atoms with Crippen LogP contribution in [0.25, 0.3) is 0 Å². The van der Waals surface area contributed by atoms with E-state index in [2.05, 4.69) is 10.6 Å². The minimum absolute atomic E-state index is 0.00962. The van der Waals surface area contributed by atoms with Crippen molar-refractivity contribution in [2.45, 2.75) is 19.4 Å². The summed E-state index contributed by atoms with van der Waals surface area (Å²) in [5.41, 5.74) is 0.912. The Balaban J connectivity index is 2.15. The Morgan fingerprint density at radius 1 is 1.33 bits per heavy atom. The highest BCUT2D eigenvalue weighted by Crippen LogP contribution is 2.24. The van der Waals surface area contributed by atoms with Crippen LogP contribution < -0.4 is 10.6 Å². The maximum Gasteiger partial charge on any atom is 0.310 e. The van der Waals surface area contributed by atoms with Crippen molar-refractivity contribution in [1.82, 2.24) is 10.6 Å². The van der Waals surface area contributed by atoms with Crippen LogP contribution in [0.4, 0.5) is 0 Å². The van der Waals surface area contributed by atoms with E-state index in [1.165, 1.54) is 7.11 Å². The van der Waals surface area contributed by atoms with Crippen molar-refractivity contribution in [3.05, 3.63) is 35.9 Å². The van der Waals surface area contributed by atoms with E-state index in [4.69, 9.17) is 4.74 Å². The van der Waals surface area contributed by atoms with E-state index in [0.29, 0.717) is 6.54 Å². The molecule has 1 amide bonds. The van der Waals surface area contributed by atoms with Gasteiger partial charge in [0.05, 0.1) is 25.0 Å². The molecule has 21 heavy (non-hydrogen) atoms. The molecule has 114 valence electrons. The Morgan fingerprint density at radius 3 is 2.62 bits per heavy atom. The zero-order valence-corrected chi connectivity index (χ0v) is 12.5. The summed E-state index contributed by atoms with van der Waals surface area (Å²) >= 11 is 0. The SMILES string of the molecule is COC(=O)C(C)C(NC(=O)C1CCNC1)c1ccccc1. The molecular weight excluding hydrogens is 268 g/mol. The van der Waals surface area contributed by atoms with E-state index in [1.807, 2.05) is 30.3 Å². The highest BCUT2D eigenvalue weighted by Gasteiger charge is 2.31. The Labute approximate surface area is 125 Å². The summed E-state index contributed by atoms with van der Waals surface area (Å²) in [6, 6.07) is 9.16. The Hall–Kier alpha value is -1.88. The highest BCUT2D eigenvalue weighted by atomic mass is 16.5. The topological polar surface area (TPSA) is 67.4 Å². The van der Waals surface area contributed by atoms with Crippen LogP contribution >= 0.6 is 0 Å². The van der Waals surface area contributed by atoms with Crippen molar-refractivity contribution in [3.63, 3.8) is 0 Å². The lowest BCUT2D eigenvalue weighted by molar-refractivity contribution is -0.146. The third kappa shape index (κ3) is 3.82. The van der Waals surface area contributed by atoms with E-state index in [-0.39, 0.29) is 23.8 Å². The molecule has 0 aliphatic carbocycles. The van der Waals surface area contributed by atoms with Gasteiger partial charge in [0.1, 0.15) is 0 Å². The van der Waals surface area contributed by atoms with Gasteiger partial charge in [0.25, 0.3) is 0 Å². The molecule has 1 fully saturated rings. The number of amides is 1. The van der Waals surface area contributed by atoms with Crippen LogP contribution in [0.15, 0.2) is 30.3 Å². The number of rotatable bonds is 5.